The Morgan fingerprint density at radius 1 is 1.14 bits per heavy atom. The molecule has 0 amide bonds. The Hall–Kier alpha value is -2.92. The van der Waals surface area contributed by atoms with E-state index in [0.717, 1.165) is 5.69 Å². The number of hydrogen-bond donors (Lipinski definition) is 0. The van der Waals surface area contributed by atoms with Crippen LogP contribution in [-0.4, -0.2) is 11.1 Å². The molecule has 1 aliphatic rings. The van der Waals surface area contributed by atoms with Crippen LogP contribution in [0.5, 0.6) is 0 Å². The standard InChI is InChI=1S/C13H9ClN8/c14-8-4-5-10-9(7-8)12(18-20-15)13(19-21-16)22(10)11-3-1-2-6-17-11/h1-7,12-13H. The van der Waals surface area contributed by atoms with Gasteiger partial charge in [-0.2, -0.15) is 0 Å². The fraction of sp³-hybridized carbons (Fsp3) is 0.154. The van der Waals surface area contributed by atoms with Gasteiger partial charge >= 0.3 is 0 Å². The summed E-state index contributed by atoms with van der Waals surface area (Å²) < 4.78 is 0. The van der Waals surface area contributed by atoms with Gasteiger partial charge in [0.25, 0.3) is 0 Å². The Bertz CT molecular complexity index is 795. The average molecular weight is 313 g/mol. The third-order valence-corrected chi connectivity index (χ3v) is 3.59. The first kappa shape index (κ1) is 14.0. The molecule has 0 fully saturated rings. The minimum atomic E-state index is -0.732. The van der Waals surface area contributed by atoms with Crippen LogP contribution in [0.1, 0.15) is 11.6 Å². The SMILES string of the molecule is [N-]=[N+]=NC1c2cc(Cl)ccc2N(c2ccccn2)C1N=[N+]=[N-]. The van der Waals surface area contributed by atoms with Gasteiger partial charge in [-0.3, -0.25) is 0 Å². The second kappa shape index (κ2) is 5.83. The zero-order valence-electron chi connectivity index (χ0n) is 11.2. The van der Waals surface area contributed by atoms with E-state index in [-0.39, 0.29) is 0 Å². The molecular formula is C13H9ClN8. The third kappa shape index (κ3) is 2.27. The summed E-state index contributed by atoms with van der Waals surface area (Å²) in [5, 5.41) is 8.07. The average Bonchev–Trinajstić information content (AvgIpc) is 2.82. The van der Waals surface area contributed by atoms with Gasteiger partial charge in [-0.1, -0.05) is 27.9 Å². The number of rotatable bonds is 3. The maximum absolute atomic E-state index is 8.86. The number of anilines is 2. The molecule has 22 heavy (non-hydrogen) atoms. The molecule has 1 aromatic carbocycles. The van der Waals surface area contributed by atoms with Crippen LogP contribution in [0.25, 0.3) is 20.9 Å². The molecule has 3 rings (SSSR count). The van der Waals surface area contributed by atoms with Crippen molar-refractivity contribution in [1.82, 2.24) is 4.98 Å². The molecular weight excluding hydrogens is 304 g/mol. The highest BCUT2D eigenvalue weighted by atomic mass is 35.5. The van der Waals surface area contributed by atoms with E-state index >= 15 is 0 Å². The van der Waals surface area contributed by atoms with Crippen molar-refractivity contribution in [2.45, 2.75) is 12.2 Å². The maximum Gasteiger partial charge on any atom is 0.133 e. The quantitative estimate of drug-likeness (QED) is 0.457. The van der Waals surface area contributed by atoms with Gasteiger partial charge in [0.1, 0.15) is 12.0 Å². The molecule has 0 saturated heterocycles. The Morgan fingerprint density at radius 2 is 1.95 bits per heavy atom. The molecule has 2 unspecified atom stereocenters. The van der Waals surface area contributed by atoms with Gasteiger partial charge < -0.3 is 4.90 Å². The zero-order chi connectivity index (χ0) is 15.5. The van der Waals surface area contributed by atoms with Crippen LogP contribution in [-0.2, 0) is 0 Å². The lowest BCUT2D eigenvalue weighted by Crippen LogP contribution is -2.27. The van der Waals surface area contributed by atoms with E-state index in [1.807, 2.05) is 6.07 Å². The number of halogens is 1. The molecule has 2 aromatic rings. The topological polar surface area (TPSA) is 114 Å². The van der Waals surface area contributed by atoms with Gasteiger partial charge in [-0.15, -0.1) is 0 Å². The van der Waals surface area contributed by atoms with Crippen molar-refractivity contribution in [3.8, 4) is 0 Å². The molecule has 9 heteroatoms. The number of nitrogens with zero attached hydrogens (tertiary/aromatic N) is 8. The first-order valence-corrected chi connectivity index (χ1v) is 6.72. The predicted octanol–water partition coefficient (Wildman–Crippen LogP) is 4.87. The number of pyridine rings is 1. The van der Waals surface area contributed by atoms with Crippen molar-refractivity contribution >= 4 is 23.1 Å². The maximum atomic E-state index is 8.86. The van der Waals surface area contributed by atoms with Crippen molar-refractivity contribution in [1.29, 1.82) is 0 Å². The number of benzene rings is 1. The van der Waals surface area contributed by atoms with Gasteiger partial charge in [-0.05, 0) is 47.0 Å². The molecule has 2 atom stereocenters. The van der Waals surface area contributed by atoms with Crippen LogP contribution >= 0.6 is 11.6 Å². The molecule has 8 nitrogen and oxygen atoms in total. The monoisotopic (exact) mass is 312 g/mol. The summed E-state index contributed by atoms with van der Waals surface area (Å²) >= 11 is 6.03. The lowest BCUT2D eigenvalue weighted by molar-refractivity contribution is 0.585. The lowest BCUT2D eigenvalue weighted by atomic mass is 10.1. The Morgan fingerprint density at radius 3 is 2.64 bits per heavy atom. The number of hydrogen-bond acceptors (Lipinski definition) is 4. The summed E-state index contributed by atoms with van der Waals surface area (Å²) in [4.78, 5) is 11.8. The summed E-state index contributed by atoms with van der Waals surface area (Å²) in [7, 11) is 0. The van der Waals surface area contributed by atoms with Crippen LogP contribution in [0.2, 0.25) is 5.02 Å². The van der Waals surface area contributed by atoms with E-state index in [4.69, 9.17) is 22.7 Å². The molecule has 0 saturated carbocycles. The predicted molar refractivity (Wildman–Crippen MR) is 82.6 cm³/mol. The van der Waals surface area contributed by atoms with E-state index in [2.05, 4.69) is 25.0 Å². The minimum Gasteiger partial charge on any atom is -0.316 e. The fourth-order valence-corrected chi connectivity index (χ4v) is 2.71. The molecule has 1 aliphatic heterocycles. The van der Waals surface area contributed by atoms with Gasteiger partial charge in [0.2, 0.25) is 0 Å². The highest BCUT2D eigenvalue weighted by Crippen LogP contribution is 2.46. The highest BCUT2D eigenvalue weighted by Gasteiger charge is 2.39. The second-order valence-corrected chi connectivity index (χ2v) is 4.97. The normalized spacial score (nSPS) is 19.0. The smallest absolute Gasteiger partial charge is 0.133 e. The van der Waals surface area contributed by atoms with Crippen molar-refractivity contribution in [3.63, 3.8) is 0 Å². The van der Waals surface area contributed by atoms with Crippen LogP contribution in [0.4, 0.5) is 11.5 Å². The van der Waals surface area contributed by atoms with Crippen molar-refractivity contribution in [2.75, 3.05) is 4.90 Å². The number of aromatic nitrogens is 1. The Labute approximate surface area is 130 Å². The molecule has 0 aliphatic carbocycles. The van der Waals surface area contributed by atoms with Crippen molar-refractivity contribution in [3.05, 3.63) is 74.1 Å². The van der Waals surface area contributed by atoms with Gasteiger partial charge in [-0.25, -0.2) is 4.98 Å². The fourth-order valence-electron chi connectivity index (χ4n) is 2.53. The second-order valence-electron chi connectivity index (χ2n) is 4.53. The van der Waals surface area contributed by atoms with Crippen LogP contribution in [0, 0.1) is 0 Å². The molecule has 108 valence electrons. The Kier molecular flexibility index (Phi) is 3.72. The van der Waals surface area contributed by atoms with E-state index in [0.29, 0.717) is 16.4 Å². The number of fused-ring (bicyclic) bond motifs is 1. The minimum absolute atomic E-state index is 0.513. The summed E-state index contributed by atoms with van der Waals surface area (Å²) in [5.74, 6) is 0.596. The molecule has 0 spiro atoms. The molecule has 1 aromatic heterocycles. The van der Waals surface area contributed by atoms with Gasteiger partial charge in [0.15, 0.2) is 0 Å². The Balaban J connectivity index is 2.23. The molecule has 0 radical (unpaired) electrons. The van der Waals surface area contributed by atoms with E-state index < -0.39 is 12.2 Å². The molecule has 0 bridgehead atoms. The number of azide groups is 2. The van der Waals surface area contributed by atoms with Crippen LogP contribution in [0.3, 0.4) is 0 Å². The first-order chi connectivity index (χ1) is 10.8. The van der Waals surface area contributed by atoms with Crippen molar-refractivity contribution < 1.29 is 0 Å². The highest BCUT2D eigenvalue weighted by molar-refractivity contribution is 6.30. The van der Waals surface area contributed by atoms with Gasteiger partial charge in [0.05, 0.1) is 6.04 Å². The van der Waals surface area contributed by atoms with E-state index in [9.17, 15) is 0 Å². The van der Waals surface area contributed by atoms with E-state index in [1.165, 1.54) is 0 Å². The summed E-state index contributed by atoms with van der Waals surface area (Å²) in [6.07, 6.45) is 0.906. The van der Waals surface area contributed by atoms with Crippen LogP contribution < -0.4 is 4.90 Å². The van der Waals surface area contributed by atoms with Crippen molar-refractivity contribution in [2.24, 2.45) is 10.2 Å². The summed E-state index contributed by atoms with van der Waals surface area (Å²) in [5.41, 5.74) is 19.1. The first-order valence-electron chi connectivity index (χ1n) is 6.34. The summed E-state index contributed by atoms with van der Waals surface area (Å²) in [6.45, 7) is 0. The molecule has 2 heterocycles. The van der Waals surface area contributed by atoms with Crippen LogP contribution in [0.15, 0.2) is 52.8 Å². The van der Waals surface area contributed by atoms with Gasteiger partial charge in [0, 0.05) is 26.7 Å². The largest absolute Gasteiger partial charge is 0.316 e. The lowest BCUT2D eigenvalue weighted by Gasteiger charge is -2.24. The molecule has 0 N–H and O–H groups in total. The summed E-state index contributed by atoms with van der Waals surface area (Å²) in [6, 6.07) is 9.95. The third-order valence-electron chi connectivity index (χ3n) is 3.36. The van der Waals surface area contributed by atoms with E-state index in [1.54, 1.807) is 41.4 Å². The zero-order valence-corrected chi connectivity index (χ0v) is 11.9.